The molecule has 19 heavy (non-hydrogen) atoms. The number of likely N-dealkylation sites (N-methyl/N-ethyl adjacent to an activating group) is 1. The third kappa shape index (κ3) is 3.78. The first kappa shape index (κ1) is 15.0. The third-order valence-corrected chi connectivity index (χ3v) is 5.54. The van der Waals surface area contributed by atoms with Gasteiger partial charge in [0.2, 0.25) is 0 Å². The van der Waals surface area contributed by atoms with Gasteiger partial charge in [0.05, 0.1) is 8.81 Å². The SMILES string of the molecule is CCNC(Cc1ccncc1Cl)c1cc(C)c(Br)s1. The van der Waals surface area contributed by atoms with Gasteiger partial charge in [-0.25, -0.2) is 0 Å². The van der Waals surface area contributed by atoms with E-state index in [0.29, 0.717) is 6.04 Å². The molecule has 0 saturated heterocycles. The standard InChI is InChI=1S/C14H16BrClN2S/c1-3-18-12(13-6-9(2)14(15)19-13)7-10-4-5-17-8-11(10)16/h4-6,8,12,18H,3,7H2,1-2H3. The molecule has 102 valence electrons. The molecule has 0 aliphatic carbocycles. The van der Waals surface area contributed by atoms with Crippen molar-refractivity contribution < 1.29 is 0 Å². The summed E-state index contributed by atoms with van der Waals surface area (Å²) in [5.41, 5.74) is 2.41. The summed E-state index contributed by atoms with van der Waals surface area (Å²) >= 11 is 11.6. The average molecular weight is 360 g/mol. The molecule has 0 aliphatic heterocycles. The minimum absolute atomic E-state index is 0.292. The number of pyridine rings is 1. The van der Waals surface area contributed by atoms with Crippen LogP contribution in [0.15, 0.2) is 28.3 Å². The fourth-order valence-electron chi connectivity index (χ4n) is 1.96. The van der Waals surface area contributed by atoms with Gasteiger partial charge in [-0.15, -0.1) is 11.3 Å². The van der Waals surface area contributed by atoms with Crippen molar-refractivity contribution in [3.8, 4) is 0 Å². The van der Waals surface area contributed by atoms with Crippen molar-refractivity contribution in [1.29, 1.82) is 0 Å². The summed E-state index contributed by atoms with van der Waals surface area (Å²) in [5.74, 6) is 0. The molecule has 0 aromatic carbocycles. The molecule has 2 nitrogen and oxygen atoms in total. The highest BCUT2D eigenvalue weighted by Crippen LogP contribution is 2.33. The minimum Gasteiger partial charge on any atom is -0.309 e. The molecule has 2 aromatic rings. The molecule has 0 aliphatic rings. The van der Waals surface area contributed by atoms with Crippen LogP contribution in [0.25, 0.3) is 0 Å². The molecule has 2 rings (SSSR count). The van der Waals surface area contributed by atoms with Crippen molar-refractivity contribution in [3.05, 3.63) is 49.3 Å². The molecular weight excluding hydrogens is 344 g/mol. The number of thiophene rings is 1. The maximum Gasteiger partial charge on any atom is 0.0731 e. The quantitative estimate of drug-likeness (QED) is 0.832. The molecule has 0 amide bonds. The Labute approximate surface area is 131 Å². The Kier molecular flexibility index (Phi) is 5.39. The van der Waals surface area contributed by atoms with Gasteiger partial charge in [0, 0.05) is 23.3 Å². The first-order chi connectivity index (χ1) is 9.11. The van der Waals surface area contributed by atoms with E-state index in [0.717, 1.165) is 23.6 Å². The van der Waals surface area contributed by atoms with E-state index in [9.17, 15) is 0 Å². The summed E-state index contributed by atoms with van der Waals surface area (Å²) in [7, 11) is 0. The molecule has 1 N–H and O–H groups in total. The second kappa shape index (κ2) is 6.84. The molecular formula is C14H16BrClN2S. The number of nitrogens with zero attached hydrogens (tertiary/aromatic N) is 1. The van der Waals surface area contributed by atoms with Crippen molar-refractivity contribution in [2.45, 2.75) is 26.3 Å². The van der Waals surface area contributed by atoms with Crippen LogP contribution in [-0.2, 0) is 6.42 Å². The summed E-state index contributed by atoms with van der Waals surface area (Å²) in [5, 5.41) is 4.26. The number of hydrogen-bond acceptors (Lipinski definition) is 3. The van der Waals surface area contributed by atoms with Crippen LogP contribution in [0.5, 0.6) is 0 Å². The van der Waals surface area contributed by atoms with Gasteiger partial charge in [-0.05, 0) is 59.1 Å². The lowest BCUT2D eigenvalue weighted by Gasteiger charge is -2.17. The van der Waals surface area contributed by atoms with Crippen molar-refractivity contribution in [2.24, 2.45) is 0 Å². The Morgan fingerprint density at radius 3 is 2.89 bits per heavy atom. The van der Waals surface area contributed by atoms with Crippen LogP contribution in [0, 0.1) is 6.92 Å². The second-order valence-electron chi connectivity index (χ2n) is 4.39. The van der Waals surface area contributed by atoms with Gasteiger partial charge in [0.15, 0.2) is 0 Å². The predicted octanol–water partition coefficient (Wildman–Crippen LogP) is 4.76. The van der Waals surface area contributed by atoms with Crippen LogP contribution in [0.2, 0.25) is 5.02 Å². The van der Waals surface area contributed by atoms with Gasteiger partial charge in [-0.3, -0.25) is 4.98 Å². The summed E-state index contributed by atoms with van der Waals surface area (Å²) in [4.78, 5) is 5.36. The highest BCUT2D eigenvalue weighted by molar-refractivity contribution is 9.11. The summed E-state index contributed by atoms with van der Waals surface area (Å²) < 4.78 is 1.20. The minimum atomic E-state index is 0.292. The number of hydrogen-bond donors (Lipinski definition) is 1. The largest absolute Gasteiger partial charge is 0.309 e. The summed E-state index contributed by atoms with van der Waals surface area (Å²) in [6, 6.07) is 4.51. The van der Waals surface area contributed by atoms with Gasteiger partial charge in [-0.1, -0.05) is 18.5 Å². The van der Waals surface area contributed by atoms with E-state index in [-0.39, 0.29) is 0 Å². The van der Waals surface area contributed by atoms with E-state index >= 15 is 0 Å². The number of nitrogens with one attached hydrogen (secondary N) is 1. The van der Waals surface area contributed by atoms with Crippen molar-refractivity contribution in [1.82, 2.24) is 10.3 Å². The topological polar surface area (TPSA) is 24.9 Å². The Bertz CT molecular complexity index is 537. The lowest BCUT2D eigenvalue weighted by Crippen LogP contribution is -2.22. The first-order valence-corrected chi connectivity index (χ1v) is 8.18. The number of aryl methyl sites for hydroxylation is 1. The molecule has 1 unspecified atom stereocenters. The van der Waals surface area contributed by atoms with Crippen LogP contribution in [-0.4, -0.2) is 11.5 Å². The molecule has 0 spiro atoms. The van der Waals surface area contributed by atoms with Crippen LogP contribution in [0.4, 0.5) is 0 Å². The van der Waals surface area contributed by atoms with E-state index < -0.39 is 0 Å². The maximum atomic E-state index is 6.20. The van der Waals surface area contributed by atoms with Crippen LogP contribution in [0.1, 0.15) is 29.0 Å². The number of aromatic nitrogens is 1. The fourth-order valence-corrected chi connectivity index (χ4v) is 3.81. The normalized spacial score (nSPS) is 12.6. The zero-order chi connectivity index (χ0) is 13.8. The second-order valence-corrected chi connectivity index (χ2v) is 7.20. The Balaban J connectivity index is 2.23. The van der Waals surface area contributed by atoms with Gasteiger partial charge in [-0.2, -0.15) is 0 Å². The molecule has 2 heterocycles. The van der Waals surface area contributed by atoms with Crippen LogP contribution in [0.3, 0.4) is 0 Å². The highest BCUT2D eigenvalue weighted by Gasteiger charge is 2.16. The van der Waals surface area contributed by atoms with Crippen molar-refractivity contribution in [3.63, 3.8) is 0 Å². The third-order valence-electron chi connectivity index (χ3n) is 2.95. The van der Waals surface area contributed by atoms with E-state index in [1.54, 1.807) is 23.7 Å². The lowest BCUT2D eigenvalue weighted by molar-refractivity contribution is 0.558. The molecule has 0 fully saturated rings. The average Bonchev–Trinajstić information content (AvgIpc) is 2.72. The van der Waals surface area contributed by atoms with Crippen LogP contribution >= 0.6 is 38.9 Å². The van der Waals surface area contributed by atoms with Gasteiger partial charge >= 0.3 is 0 Å². The van der Waals surface area contributed by atoms with E-state index in [2.05, 4.69) is 46.1 Å². The van der Waals surface area contributed by atoms with Crippen molar-refractivity contribution in [2.75, 3.05) is 6.54 Å². The van der Waals surface area contributed by atoms with Gasteiger partial charge in [0.25, 0.3) is 0 Å². The predicted molar refractivity (Wildman–Crippen MR) is 86.1 cm³/mol. The monoisotopic (exact) mass is 358 g/mol. The Morgan fingerprint density at radius 1 is 1.53 bits per heavy atom. The van der Waals surface area contributed by atoms with E-state index in [1.807, 2.05) is 6.07 Å². The Morgan fingerprint density at radius 2 is 2.32 bits per heavy atom. The first-order valence-electron chi connectivity index (χ1n) is 6.19. The molecule has 0 saturated carbocycles. The molecule has 2 aromatic heterocycles. The Hall–Kier alpha value is -0.420. The molecule has 1 atom stereocenters. The maximum absolute atomic E-state index is 6.20. The molecule has 0 bridgehead atoms. The zero-order valence-corrected chi connectivity index (χ0v) is 14.1. The summed E-state index contributed by atoms with van der Waals surface area (Å²) in [6.45, 7) is 5.17. The van der Waals surface area contributed by atoms with Gasteiger partial charge < -0.3 is 5.32 Å². The molecule has 5 heteroatoms. The highest BCUT2D eigenvalue weighted by atomic mass is 79.9. The smallest absolute Gasteiger partial charge is 0.0731 e. The van der Waals surface area contributed by atoms with E-state index in [1.165, 1.54) is 14.2 Å². The summed E-state index contributed by atoms with van der Waals surface area (Å²) in [6.07, 6.45) is 4.37. The zero-order valence-electron chi connectivity index (χ0n) is 10.9. The number of halogens is 2. The van der Waals surface area contributed by atoms with Crippen molar-refractivity contribution >= 4 is 38.9 Å². The van der Waals surface area contributed by atoms with Gasteiger partial charge in [0.1, 0.15) is 0 Å². The fraction of sp³-hybridized carbons (Fsp3) is 0.357. The van der Waals surface area contributed by atoms with Crippen LogP contribution < -0.4 is 5.32 Å². The molecule has 0 radical (unpaired) electrons. The number of rotatable bonds is 5. The lowest BCUT2D eigenvalue weighted by atomic mass is 10.1. The van der Waals surface area contributed by atoms with E-state index in [4.69, 9.17) is 11.6 Å².